The molecule has 1 fully saturated rings. The first kappa shape index (κ1) is 17.6. The van der Waals surface area contributed by atoms with Crippen LogP contribution in [0.5, 0.6) is 0 Å². The average Bonchev–Trinajstić information content (AvgIpc) is 2.69. The molecule has 106 valence electrons. The topological polar surface area (TPSA) is 47.1 Å². The Hall–Kier alpha value is -0.430. The van der Waals surface area contributed by atoms with Crippen molar-refractivity contribution in [2.75, 3.05) is 13.1 Å². The minimum atomic E-state index is -2.51. The van der Waals surface area contributed by atoms with Crippen molar-refractivity contribution in [3.05, 3.63) is 18.2 Å². The van der Waals surface area contributed by atoms with Crippen LogP contribution in [-0.2, 0) is 6.54 Å². The minimum Gasteiger partial charge on any atom is -0.328 e. The van der Waals surface area contributed by atoms with Gasteiger partial charge in [0.25, 0.3) is 0 Å². The molecule has 1 aromatic rings. The maximum absolute atomic E-state index is 12.6. The molecule has 2 rings (SSSR count). The average molecular weight is 303 g/mol. The fourth-order valence-corrected chi connectivity index (χ4v) is 1.96. The van der Waals surface area contributed by atoms with Crippen LogP contribution in [0.1, 0.15) is 25.2 Å². The maximum Gasteiger partial charge on any atom is 0.319 e. The van der Waals surface area contributed by atoms with Gasteiger partial charge in [0.2, 0.25) is 0 Å². The zero-order chi connectivity index (χ0) is 11.5. The van der Waals surface area contributed by atoms with Gasteiger partial charge in [0.15, 0.2) is 0 Å². The molecule has 0 bridgehead atoms. The first-order valence-electron chi connectivity index (χ1n) is 5.44. The van der Waals surface area contributed by atoms with Gasteiger partial charge in [-0.05, 0) is 12.8 Å². The Morgan fingerprint density at radius 3 is 2.50 bits per heavy atom. The zero-order valence-corrected chi connectivity index (χ0v) is 11.5. The number of piperidine rings is 1. The molecule has 0 spiro atoms. The normalized spacial score (nSPS) is 17.3. The SMILES string of the molecule is Cl.Cl.NC1CCN(Cc2nccn2C(F)F)CC1. The summed E-state index contributed by atoms with van der Waals surface area (Å²) in [6.07, 6.45) is 4.58. The Kier molecular flexibility index (Phi) is 7.70. The fourth-order valence-electron chi connectivity index (χ4n) is 1.96. The van der Waals surface area contributed by atoms with Gasteiger partial charge in [-0.15, -0.1) is 24.8 Å². The van der Waals surface area contributed by atoms with Crippen molar-refractivity contribution in [2.45, 2.75) is 32.0 Å². The van der Waals surface area contributed by atoms with Gasteiger partial charge in [0, 0.05) is 31.5 Å². The van der Waals surface area contributed by atoms with Crippen LogP contribution in [-0.4, -0.2) is 33.6 Å². The van der Waals surface area contributed by atoms with Crippen LogP contribution < -0.4 is 5.73 Å². The highest BCUT2D eigenvalue weighted by Crippen LogP contribution is 2.16. The minimum absolute atomic E-state index is 0. The lowest BCUT2D eigenvalue weighted by Gasteiger charge is -2.29. The van der Waals surface area contributed by atoms with Gasteiger partial charge < -0.3 is 5.73 Å². The number of hydrogen-bond donors (Lipinski definition) is 1. The van der Waals surface area contributed by atoms with Crippen LogP contribution in [0.3, 0.4) is 0 Å². The number of aromatic nitrogens is 2. The molecule has 1 saturated heterocycles. The summed E-state index contributed by atoms with van der Waals surface area (Å²) in [5.74, 6) is 0.422. The number of halogens is 4. The summed E-state index contributed by atoms with van der Waals surface area (Å²) in [4.78, 5) is 6.08. The lowest BCUT2D eigenvalue weighted by Crippen LogP contribution is -2.39. The van der Waals surface area contributed by atoms with Gasteiger partial charge >= 0.3 is 6.55 Å². The first-order valence-corrected chi connectivity index (χ1v) is 5.44. The molecule has 0 unspecified atom stereocenters. The van der Waals surface area contributed by atoms with Gasteiger partial charge in [-0.3, -0.25) is 9.47 Å². The molecule has 0 radical (unpaired) electrons. The fraction of sp³-hybridized carbons (Fsp3) is 0.700. The van der Waals surface area contributed by atoms with Gasteiger partial charge in [-0.1, -0.05) is 0 Å². The van der Waals surface area contributed by atoms with E-state index in [9.17, 15) is 8.78 Å². The van der Waals surface area contributed by atoms with Crippen molar-refractivity contribution in [2.24, 2.45) is 5.73 Å². The Morgan fingerprint density at radius 2 is 1.94 bits per heavy atom. The van der Waals surface area contributed by atoms with E-state index in [0.29, 0.717) is 12.4 Å². The van der Waals surface area contributed by atoms with Gasteiger partial charge in [0.05, 0.1) is 6.54 Å². The third kappa shape index (κ3) is 4.35. The third-order valence-corrected chi connectivity index (χ3v) is 2.96. The Morgan fingerprint density at radius 1 is 1.33 bits per heavy atom. The Bertz CT molecular complexity index is 340. The molecule has 1 aliphatic rings. The molecule has 2 N–H and O–H groups in total. The van der Waals surface area contributed by atoms with E-state index in [1.807, 2.05) is 0 Å². The molecule has 1 aliphatic heterocycles. The van der Waals surface area contributed by atoms with E-state index in [2.05, 4.69) is 9.88 Å². The number of alkyl halides is 2. The number of nitrogens with zero attached hydrogens (tertiary/aromatic N) is 3. The lowest BCUT2D eigenvalue weighted by atomic mass is 10.1. The lowest BCUT2D eigenvalue weighted by molar-refractivity contribution is 0.0629. The number of nitrogens with two attached hydrogens (primary N) is 1. The molecule has 0 amide bonds. The van der Waals surface area contributed by atoms with Crippen molar-refractivity contribution in [3.63, 3.8) is 0 Å². The maximum atomic E-state index is 12.6. The Labute approximate surface area is 117 Å². The predicted octanol–water partition coefficient (Wildman–Crippen LogP) is 2.04. The van der Waals surface area contributed by atoms with Crippen molar-refractivity contribution in [3.8, 4) is 0 Å². The van der Waals surface area contributed by atoms with E-state index in [-0.39, 0.29) is 30.9 Å². The molecule has 0 atom stereocenters. The zero-order valence-electron chi connectivity index (χ0n) is 9.84. The van der Waals surface area contributed by atoms with Gasteiger partial charge in [0.1, 0.15) is 5.82 Å². The van der Waals surface area contributed by atoms with E-state index in [1.54, 1.807) is 0 Å². The van der Waals surface area contributed by atoms with Crippen LogP contribution in [0.4, 0.5) is 8.78 Å². The molecular formula is C10H18Cl2F2N4. The van der Waals surface area contributed by atoms with Crippen molar-refractivity contribution in [1.29, 1.82) is 0 Å². The summed E-state index contributed by atoms with van der Waals surface area (Å²) in [5.41, 5.74) is 5.78. The van der Waals surface area contributed by atoms with E-state index >= 15 is 0 Å². The smallest absolute Gasteiger partial charge is 0.319 e. The van der Waals surface area contributed by atoms with Crippen LogP contribution in [0.15, 0.2) is 12.4 Å². The third-order valence-electron chi connectivity index (χ3n) is 2.96. The highest BCUT2D eigenvalue weighted by molar-refractivity contribution is 5.85. The van der Waals surface area contributed by atoms with Crippen LogP contribution >= 0.6 is 24.8 Å². The van der Waals surface area contributed by atoms with E-state index in [0.717, 1.165) is 30.5 Å². The van der Waals surface area contributed by atoms with Crippen molar-refractivity contribution in [1.82, 2.24) is 14.5 Å². The molecule has 2 heterocycles. The van der Waals surface area contributed by atoms with E-state index in [4.69, 9.17) is 5.73 Å². The number of rotatable bonds is 3. The summed E-state index contributed by atoms with van der Waals surface area (Å²) in [6.45, 7) is -0.317. The van der Waals surface area contributed by atoms with E-state index in [1.165, 1.54) is 12.4 Å². The highest BCUT2D eigenvalue weighted by atomic mass is 35.5. The predicted molar refractivity (Wildman–Crippen MR) is 70.5 cm³/mol. The Balaban J connectivity index is 0.00000144. The largest absolute Gasteiger partial charge is 0.328 e. The summed E-state index contributed by atoms with van der Waals surface area (Å²) in [5, 5.41) is 0. The standard InChI is InChI=1S/C10H16F2N4.2ClH/c11-10(12)16-6-3-14-9(16)7-15-4-1-8(13)2-5-15;;/h3,6,8,10H,1-2,4-5,7,13H2;2*1H. The molecule has 0 aliphatic carbocycles. The number of imidazole rings is 1. The summed E-state index contributed by atoms with van der Waals surface area (Å²) in [6, 6.07) is 0.256. The summed E-state index contributed by atoms with van der Waals surface area (Å²) >= 11 is 0. The molecule has 4 nitrogen and oxygen atoms in total. The summed E-state index contributed by atoms with van der Waals surface area (Å²) in [7, 11) is 0. The van der Waals surface area contributed by atoms with Gasteiger partial charge in [-0.2, -0.15) is 8.78 Å². The van der Waals surface area contributed by atoms with E-state index < -0.39 is 6.55 Å². The second-order valence-electron chi connectivity index (χ2n) is 4.14. The van der Waals surface area contributed by atoms with Crippen LogP contribution in [0.2, 0.25) is 0 Å². The molecule has 18 heavy (non-hydrogen) atoms. The van der Waals surface area contributed by atoms with Crippen LogP contribution in [0, 0.1) is 0 Å². The molecule has 0 saturated carbocycles. The number of hydrogen-bond acceptors (Lipinski definition) is 3. The monoisotopic (exact) mass is 302 g/mol. The van der Waals surface area contributed by atoms with Crippen molar-refractivity contribution < 1.29 is 8.78 Å². The quantitative estimate of drug-likeness (QED) is 0.929. The second-order valence-corrected chi connectivity index (χ2v) is 4.14. The highest BCUT2D eigenvalue weighted by Gasteiger charge is 2.19. The summed E-state index contributed by atoms with van der Waals surface area (Å²) < 4.78 is 26.0. The molecule has 0 aromatic carbocycles. The van der Waals surface area contributed by atoms with Crippen LogP contribution in [0.25, 0.3) is 0 Å². The van der Waals surface area contributed by atoms with Crippen molar-refractivity contribution >= 4 is 24.8 Å². The molecule has 8 heteroatoms. The van der Waals surface area contributed by atoms with Gasteiger partial charge in [-0.25, -0.2) is 4.98 Å². The molecule has 1 aromatic heterocycles. The second kappa shape index (κ2) is 7.89. The number of likely N-dealkylation sites (tertiary alicyclic amines) is 1. The first-order chi connectivity index (χ1) is 7.66. The molecular weight excluding hydrogens is 285 g/mol.